The summed E-state index contributed by atoms with van der Waals surface area (Å²) in [5.41, 5.74) is 1.88. The van der Waals surface area contributed by atoms with E-state index in [9.17, 15) is 4.39 Å². The second-order valence-electron chi connectivity index (χ2n) is 7.26. The number of piperidine rings is 1. The summed E-state index contributed by atoms with van der Waals surface area (Å²) in [7, 11) is 0. The molecule has 118 valence electrons. The maximum absolute atomic E-state index is 14.1. The lowest BCUT2D eigenvalue weighted by Crippen LogP contribution is -2.33. The topological polar surface area (TPSA) is 3.24 Å². The van der Waals surface area contributed by atoms with Gasteiger partial charge in [0.05, 0.1) is 0 Å². The Morgan fingerprint density at radius 1 is 1.14 bits per heavy atom. The molecule has 1 fully saturated rings. The van der Waals surface area contributed by atoms with Gasteiger partial charge in [0.15, 0.2) is 0 Å². The number of hydrogen-bond donors (Lipinski definition) is 0. The van der Waals surface area contributed by atoms with Crippen LogP contribution in [-0.4, -0.2) is 13.1 Å². The van der Waals surface area contributed by atoms with E-state index in [-0.39, 0.29) is 11.7 Å². The zero-order chi connectivity index (χ0) is 15.4. The van der Waals surface area contributed by atoms with Crippen molar-refractivity contribution >= 4 is 5.69 Å². The Bertz CT molecular complexity index is 445. The molecule has 1 aromatic rings. The molecule has 0 unspecified atom stereocenters. The number of anilines is 1. The molecule has 0 radical (unpaired) electrons. The smallest absolute Gasteiger partial charge is 0.128 e. The van der Waals surface area contributed by atoms with E-state index in [0.717, 1.165) is 36.2 Å². The summed E-state index contributed by atoms with van der Waals surface area (Å²) in [5, 5.41) is 0. The summed E-state index contributed by atoms with van der Waals surface area (Å²) >= 11 is 0. The fourth-order valence-electron chi connectivity index (χ4n) is 3.23. The van der Waals surface area contributed by atoms with E-state index in [4.69, 9.17) is 0 Å². The minimum atomic E-state index is -0.0515. The van der Waals surface area contributed by atoms with Crippen LogP contribution >= 0.6 is 0 Å². The lowest BCUT2D eigenvalue weighted by Gasteiger charge is -2.34. The van der Waals surface area contributed by atoms with E-state index in [1.165, 1.54) is 25.7 Å². The van der Waals surface area contributed by atoms with Gasteiger partial charge >= 0.3 is 0 Å². The quantitative estimate of drug-likeness (QED) is 0.682. The van der Waals surface area contributed by atoms with Crippen LogP contribution in [0, 0.1) is 17.7 Å². The van der Waals surface area contributed by atoms with Crippen LogP contribution in [0.1, 0.15) is 64.9 Å². The molecular formula is C19H30FN. The summed E-state index contributed by atoms with van der Waals surface area (Å²) < 4.78 is 14.1. The molecule has 1 heterocycles. The van der Waals surface area contributed by atoms with Crippen molar-refractivity contribution in [3.8, 4) is 0 Å². The standard InChI is InChI=1S/C19H30FN/c1-14(2)5-6-16-9-11-21(12-10-16)17-7-8-18(15(3)4)19(20)13-17/h7-8,13-16H,5-6,9-12H2,1-4H3. The highest BCUT2D eigenvalue weighted by Crippen LogP contribution is 2.29. The van der Waals surface area contributed by atoms with Crippen LogP contribution in [0.4, 0.5) is 10.1 Å². The average molecular weight is 291 g/mol. The highest BCUT2D eigenvalue weighted by Gasteiger charge is 2.20. The molecule has 0 saturated carbocycles. The lowest BCUT2D eigenvalue weighted by atomic mass is 9.89. The van der Waals surface area contributed by atoms with Gasteiger partial charge in [-0.15, -0.1) is 0 Å². The predicted octanol–water partition coefficient (Wildman–Crippen LogP) is 5.60. The summed E-state index contributed by atoms with van der Waals surface area (Å²) in [6.07, 6.45) is 5.19. The van der Waals surface area contributed by atoms with Crippen molar-refractivity contribution in [2.45, 2.75) is 59.3 Å². The fourth-order valence-corrected chi connectivity index (χ4v) is 3.23. The Morgan fingerprint density at radius 3 is 2.33 bits per heavy atom. The molecule has 2 heteroatoms. The normalized spacial score (nSPS) is 17.0. The van der Waals surface area contributed by atoms with Crippen LogP contribution < -0.4 is 4.90 Å². The van der Waals surface area contributed by atoms with Gasteiger partial charge in [0.1, 0.15) is 5.82 Å². The zero-order valence-electron chi connectivity index (χ0n) is 14.0. The molecule has 0 bridgehead atoms. The molecule has 1 aliphatic heterocycles. The molecular weight excluding hydrogens is 261 g/mol. The van der Waals surface area contributed by atoms with Gasteiger partial charge in [-0.3, -0.25) is 0 Å². The van der Waals surface area contributed by atoms with Crippen LogP contribution in [0.5, 0.6) is 0 Å². The molecule has 1 aromatic carbocycles. The maximum Gasteiger partial charge on any atom is 0.128 e. The van der Waals surface area contributed by atoms with Crippen molar-refractivity contribution in [3.63, 3.8) is 0 Å². The Hall–Kier alpha value is -1.05. The third kappa shape index (κ3) is 4.46. The summed E-state index contributed by atoms with van der Waals surface area (Å²) in [6.45, 7) is 10.8. The first-order valence-corrected chi connectivity index (χ1v) is 8.51. The minimum absolute atomic E-state index is 0.0515. The number of halogens is 1. The van der Waals surface area contributed by atoms with Crippen LogP contribution in [0.25, 0.3) is 0 Å². The van der Waals surface area contributed by atoms with Gasteiger partial charge in [0.25, 0.3) is 0 Å². The highest BCUT2D eigenvalue weighted by atomic mass is 19.1. The Balaban J connectivity index is 1.91. The molecule has 2 rings (SSSR count). The Morgan fingerprint density at radius 2 is 1.81 bits per heavy atom. The average Bonchev–Trinajstić information content (AvgIpc) is 2.45. The molecule has 1 saturated heterocycles. The van der Waals surface area contributed by atoms with Crippen molar-refractivity contribution in [3.05, 3.63) is 29.6 Å². The summed E-state index contributed by atoms with van der Waals surface area (Å²) in [5.74, 6) is 1.87. The van der Waals surface area contributed by atoms with E-state index < -0.39 is 0 Å². The van der Waals surface area contributed by atoms with E-state index >= 15 is 0 Å². The number of hydrogen-bond acceptors (Lipinski definition) is 1. The molecule has 0 atom stereocenters. The third-order valence-corrected chi connectivity index (χ3v) is 4.74. The summed E-state index contributed by atoms with van der Waals surface area (Å²) in [4.78, 5) is 2.35. The molecule has 0 spiro atoms. The van der Waals surface area contributed by atoms with E-state index in [1.54, 1.807) is 6.07 Å². The van der Waals surface area contributed by atoms with Crippen molar-refractivity contribution in [1.82, 2.24) is 0 Å². The molecule has 1 nitrogen and oxygen atoms in total. The first-order valence-electron chi connectivity index (χ1n) is 8.51. The van der Waals surface area contributed by atoms with Gasteiger partial charge in [-0.25, -0.2) is 4.39 Å². The van der Waals surface area contributed by atoms with Gasteiger partial charge in [0, 0.05) is 18.8 Å². The Labute approximate surface area is 129 Å². The van der Waals surface area contributed by atoms with E-state index in [0.29, 0.717) is 0 Å². The minimum Gasteiger partial charge on any atom is -0.371 e. The van der Waals surface area contributed by atoms with Gasteiger partial charge in [-0.1, -0.05) is 46.6 Å². The second kappa shape index (κ2) is 7.29. The van der Waals surface area contributed by atoms with Crippen molar-refractivity contribution in [1.29, 1.82) is 0 Å². The fraction of sp³-hybridized carbons (Fsp3) is 0.684. The SMILES string of the molecule is CC(C)CCC1CCN(c2ccc(C(C)C)c(F)c2)CC1. The van der Waals surface area contributed by atoms with Crippen molar-refractivity contribution < 1.29 is 4.39 Å². The highest BCUT2D eigenvalue weighted by molar-refractivity contribution is 5.49. The van der Waals surface area contributed by atoms with Crippen LogP contribution in [0.2, 0.25) is 0 Å². The predicted molar refractivity (Wildman–Crippen MR) is 89.5 cm³/mol. The molecule has 0 aliphatic carbocycles. The maximum atomic E-state index is 14.1. The lowest BCUT2D eigenvalue weighted by molar-refractivity contribution is 0.351. The zero-order valence-corrected chi connectivity index (χ0v) is 14.0. The molecule has 21 heavy (non-hydrogen) atoms. The number of nitrogens with zero attached hydrogens (tertiary/aromatic N) is 1. The number of benzene rings is 1. The van der Waals surface area contributed by atoms with Gasteiger partial charge in [0.2, 0.25) is 0 Å². The molecule has 0 N–H and O–H groups in total. The van der Waals surface area contributed by atoms with Crippen LogP contribution in [0.15, 0.2) is 18.2 Å². The Kier molecular flexibility index (Phi) is 5.66. The second-order valence-corrected chi connectivity index (χ2v) is 7.26. The summed E-state index contributed by atoms with van der Waals surface area (Å²) in [6, 6.07) is 5.77. The van der Waals surface area contributed by atoms with Crippen molar-refractivity contribution in [2.75, 3.05) is 18.0 Å². The van der Waals surface area contributed by atoms with Crippen LogP contribution in [-0.2, 0) is 0 Å². The van der Waals surface area contributed by atoms with Gasteiger partial charge in [-0.05, 0) is 48.3 Å². The largest absolute Gasteiger partial charge is 0.371 e. The van der Waals surface area contributed by atoms with Crippen molar-refractivity contribution in [2.24, 2.45) is 11.8 Å². The van der Waals surface area contributed by atoms with Gasteiger partial charge in [-0.2, -0.15) is 0 Å². The first kappa shape index (κ1) is 16.3. The van der Waals surface area contributed by atoms with E-state index in [1.807, 2.05) is 19.9 Å². The molecule has 0 aromatic heterocycles. The first-order chi connectivity index (χ1) is 9.97. The van der Waals surface area contributed by atoms with Gasteiger partial charge < -0.3 is 4.90 Å². The third-order valence-electron chi connectivity index (χ3n) is 4.74. The molecule has 1 aliphatic rings. The molecule has 0 amide bonds. The van der Waals surface area contributed by atoms with Crippen LogP contribution in [0.3, 0.4) is 0 Å². The monoisotopic (exact) mass is 291 g/mol. The number of rotatable bonds is 5. The van der Waals surface area contributed by atoms with E-state index in [2.05, 4.69) is 24.8 Å².